The molecule has 1 aromatic heterocycles. The minimum Gasteiger partial charge on any atom is -0.459 e. The zero-order valence-electron chi connectivity index (χ0n) is 13.2. The molecule has 20 heavy (non-hydrogen) atoms. The minimum absolute atomic E-state index is 0.205. The molecule has 0 amide bonds. The van der Waals surface area contributed by atoms with Crippen molar-refractivity contribution in [3.05, 3.63) is 23.9 Å². The van der Waals surface area contributed by atoms with E-state index in [1.807, 2.05) is 52.8 Å². The first-order valence-electron chi connectivity index (χ1n) is 6.80. The molecule has 0 atom stereocenters. The van der Waals surface area contributed by atoms with Gasteiger partial charge in [0.2, 0.25) is 0 Å². The van der Waals surface area contributed by atoms with Gasteiger partial charge in [0.1, 0.15) is 12.4 Å². The van der Waals surface area contributed by atoms with E-state index in [4.69, 9.17) is 4.74 Å². The third-order valence-electron chi connectivity index (χ3n) is 3.16. The molecule has 1 heterocycles. The number of ether oxygens (including phenoxy) is 1. The summed E-state index contributed by atoms with van der Waals surface area (Å²) in [6, 6.07) is 5.56. The fourth-order valence-corrected chi connectivity index (χ4v) is 1.37. The van der Waals surface area contributed by atoms with Gasteiger partial charge in [-0.3, -0.25) is 0 Å². The summed E-state index contributed by atoms with van der Waals surface area (Å²) in [5.74, 6) is 0.286. The Labute approximate surface area is 121 Å². The number of hydrogen-bond donors (Lipinski definition) is 1. The van der Waals surface area contributed by atoms with Crippen LogP contribution in [0.3, 0.4) is 0 Å². The number of pyridine rings is 1. The van der Waals surface area contributed by atoms with Crippen LogP contribution in [0.15, 0.2) is 18.2 Å². The van der Waals surface area contributed by atoms with Gasteiger partial charge in [-0.25, -0.2) is 9.78 Å². The molecule has 1 N–H and O–H groups in total. The van der Waals surface area contributed by atoms with Crippen molar-refractivity contribution < 1.29 is 9.53 Å². The molecule has 0 aliphatic carbocycles. The number of aromatic nitrogens is 1. The van der Waals surface area contributed by atoms with Crippen molar-refractivity contribution in [2.24, 2.45) is 0 Å². The zero-order chi connectivity index (χ0) is 15.3. The molecule has 0 aliphatic heterocycles. The van der Waals surface area contributed by atoms with Crippen molar-refractivity contribution in [2.45, 2.75) is 39.3 Å². The van der Waals surface area contributed by atoms with Gasteiger partial charge in [0.25, 0.3) is 0 Å². The Kier molecular flexibility index (Phi) is 5.51. The van der Waals surface area contributed by atoms with Crippen molar-refractivity contribution in [2.75, 3.05) is 26.0 Å². The highest BCUT2D eigenvalue weighted by Gasteiger charge is 2.23. The average molecular weight is 279 g/mol. The number of nitrogens with one attached hydrogen (secondary N) is 1. The van der Waals surface area contributed by atoms with Crippen LogP contribution in [0.2, 0.25) is 0 Å². The number of rotatable bonds is 6. The molecule has 1 rings (SSSR count). The average Bonchev–Trinajstić information content (AvgIpc) is 2.35. The summed E-state index contributed by atoms with van der Waals surface area (Å²) in [5.41, 5.74) is 0.119. The minimum atomic E-state index is -0.396. The van der Waals surface area contributed by atoms with E-state index in [1.165, 1.54) is 0 Å². The van der Waals surface area contributed by atoms with E-state index in [1.54, 1.807) is 12.1 Å². The maximum atomic E-state index is 12.0. The predicted molar refractivity (Wildman–Crippen MR) is 81.0 cm³/mol. The number of likely N-dealkylation sites (N-methyl/N-ethyl adjacent to an activating group) is 1. The van der Waals surface area contributed by atoms with E-state index in [0.29, 0.717) is 18.1 Å². The Morgan fingerprint density at radius 2 is 2.05 bits per heavy atom. The molecule has 1 aromatic rings. The smallest absolute Gasteiger partial charge is 0.357 e. The highest BCUT2D eigenvalue weighted by molar-refractivity contribution is 5.87. The van der Waals surface area contributed by atoms with Crippen LogP contribution in [0, 0.1) is 0 Å². The molecule has 0 bridgehead atoms. The lowest BCUT2D eigenvalue weighted by Crippen LogP contribution is -2.43. The van der Waals surface area contributed by atoms with Gasteiger partial charge >= 0.3 is 5.97 Å². The third kappa shape index (κ3) is 4.81. The van der Waals surface area contributed by atoms with Crippen LogP contribution in [0.5, 0.6) is 0 Å². The first-order chi connectivity index (χ1) is 9.22. The second-order valence-corrected chi connectivity index (χ2v) is 5.99. The molecule has 112 valence electrons. The van der Waals surface area contributed by atoms with Crippen molar-refractivity contribution in [3.63, 3.8) is 0 Å². The van der Waals surface area contributed by atoms with Crippen molar-refractivity contribution in [3.8, 4) is 0 Å². The first kappa shape index (κ1) is 16.4. The third-order valence-corrected chi connectivity index (χ3v) is 3.16. The topological polar surface area (TPSA) is 54.5 Å². The van der Waals surface area contributed by atoms with E-state index >= 15 is 0 Å². The number of esters is 1. The second kappa shape index (κ2) is 6.70. The summed E-state index contributed by atoms with van der Waals surface area (Å²) < 4.78 is 5.34. The van der Waals surface area contributed by atoms with E-state index < -0.39 is 5.97 Å². The summed E-state index contributed by atoms with van der Waals surface area (Å²) in [5, 5.41) is 3.16. The molecular weight excluding hydrogens is 254 g/mol. The van der Waals surface area contributed by atoms with Crippen LogP contribution in [-0.4, -0.2) is 48.1 Å². The van der Waals surface area contributed by atoms with Gasteiger partial charge in [0.05, 0.1) is 0 Å². The lowest BCUT2D eigenvalue weighted by Gasteiger charge is -2.31. The molecule has 0 aliphatic rings. The maximum absolute atomic E-state index is 12.0. The number of carbonyl (C=O) groups is 1. The fourth-order valence-electron chi connectivity index (χ4n) is 1.37. The Hall–Kier alpha value is -1.62. The van der Waals surface area contributed by atoms with Gasteiger partial charge in [-0.15, -0.1) is 0 Å². The van der Waals surface area contributed by atoms with Gasteiger partial charge in [0, 0.05) is 11.6 Å². The number of hydrogen-bond acceptors (Lipinski definition) is 5. The molecule has 5 heteroatoms. The molecule has 0 fully saturated rings. The van der Waals surface area contributed by atoms with Gasteiger partial charge < -0.3 is 15.0 Å². The van der Waals surface area contributed by atoms with Gasteiger partial charge in [-0.2, -0.15) is 0 Å². The standard InChI is InChI=1S/C15H25N3O2/c1-11(2)16-13-9-7-8-12(17-13)14(19)20-10-15(3,4)18(5)6/h7-9,11H,10H2,1-6H3,(H,16,17). The van der Waals surface area contributed by atoms with Crippen molar-refractivity contribution in [1.82, 2.24) is 9.88 Å². The summed E-state index contributed by atoms with van der Waals surface area (Å²) >= 11 is 0. The summed E-state index contributed by atoms with van der Waals surface area (Å²) in [7, 11) is 3.92. The Bertz CT molecular complexity index is 456. The first-order valence-corrected chi connectivity index (χ1v) is 6.80. The highest BCUT2D eigenvalue weighted by Crippen LogP contribution is 2.12. The number of carbonyl (C=O) groups excluding carboxylic acids is 1. The van der Waals surface area contributed by atoms with Gasteiger partial charge in [0.15, 0.2) is 5.69 Å². The molecule has 0 saturated heterocycles. The van der Waals surface area contributed by atoms with E-state index in [0.717, 1.165) is 0 Å². The lowest BCUT2D eigenvalue weighted by atomic mass is 10.1. The van der Waals surface area contributed by atoms with Gasteiger partial charge in [-0.1, -0.05) is 6.07 Å². The summed E-state index contributed by atoms with van der Waals surface area (Å²) in [6.07, 6.45) is 0. The van der Waals surface area contributed by atoms with E-state index in [9.17, 15) is 4.79 Å². The summed E-state index contributed by atoms with van der Waals surface area (Å²) in [4.78, 5) is 18.3. The predicted octanol–water partition coefficient (Wildman–Crippen LogP) is 2.40. The van der Waals surface area contributed by atoms with Crippen LogP contribution in [0.25, 0.3) is 0 Å². The number of anilines is 1. The van der Waals surface area contributed by atoms with Gasteiger partial charge in [-0.05, 0) is 53.9 Å². The van der Waals surface area contributed by atoms with Crippen molar-refractivity contribution >= 4 is 11.8 Å². The molecule has 0 aromatic carbocycles. The fraction of sp³-hybridized carbons (Fsp3) is 0.600. The van der Waals surface area contributed by atoms with Crippen LogP contribution in [-0.2, 0) is 4.74 Å². The van der Waals surface area contributed by atoms with Crippen molar-refractivity contribution in [1.29, 1.82) is 0 Å². The van der Waals surface area contributed by atoms with Crippen LogP contribution >= 0.6 is 0 Å². The maximum Gasteiger partial charge on any atom is 0.357 e. The summed E-state index contributed by atoms with van der Waals surface area (Å²) in [6.45, 7) is 8.40. The SMILES string of the molecule is CC(C)Nc1cccc(C(=O)OCC(C)(C)N(C)C)n1. The lowest BCUT2D eigenvalue weighted by molar-refractivity contribution is 0.0248. The van der Waals surface area contributed by atoms with Crippen LogP contribution in [0.1, 0.15) is 38.2 Å². The normalized spacial score (nSPS) is 11.8. The quantitative estimate of drug-likeness (QED) is 0.810. The highest BCUT2D eigenvalue weighted by atomic mass is 16.5. The monoisotopic (exact) mass is 279 g/mol. The zero-order valence-corrected chi connectivity index (χ0v) is 13.2. The largest absolute Gasteiger partial charge is 0.459 e. The molecule has 0 radical (unpaired) electrons. The Morgan fingerprint density at radius 3 is 2.60 bits per heavy atom. The molecule has 0 unspecified atom stereocenters. The van der Waals surface area contributed by atoms with Crippen LogP contribution in [0.4, 0.5) is 5.82 Å². The van der Waals surface area contributed by atoms with Crippen LogP contribution < -0.4 is 5.32 Å². The van der Waals surface area contributed by atoms with E-state index in [2.05, 4.69) is 10.3 Å². The molecular formula is C15H25N3O2. The second-order valence-electron chi connectivity index (χ2n) is 5.99. The number of nitrogens with zero attached hydrogens (tertiary/aromatic N) is 2. The molecule has 5 nitrogen and oxygen atoms in total. The molecule has 0 spiro atoms. The van der Waals surface area contributed by atoms with E-state index in [-0.39, 0.29) is 11.6 Å². The Morgan fingerprint density at radius 1 is 1.40 bits per heavy atom. The Balaban J connectivity index is 2.68. The molecule has 0 saturated carbocycles.